The first kappa shape index (κ1) is 13.7. The van der Waals surface area contributed by atoms with Crippen LogP contribution >= 0.6 is 0 Å². The number of halogens is 1. The molecule has 0 aromatic heterocycles. The third kappa shape index (κ3) is 3.63. The Bertz CT molecular complexity index is 507. The van der Waals surface area contributed by atoms with Gasteiger partial charge in [-0.3, -0.25) is 0 Å². The Hall–Kier alpha value is -1.71. The SMILES string of the molecule is NCC(Cc1ccc(CO)cc1)c1ccc(F)cc1. The van der Waals surface area contributed by atoms with Crippen molar-refractivity contribution < 1.29 is 9.50 Å². The van der Waals surface area contributed by atoms with Crippen molar-refractivity contribution in [2.75, 3.05) is 6.54 Å². The zero-order valence-corrected chi connectivity index (χ0v) is 10.7. The van der Waals surface area contributed by atoms with Crippen molar-refractivity contribution in [1.29, 1.82) is 0 Å². The molecule has 3 N–H and O–H groups in total. The molecule has 0 aliphatic rings. The molecule has 3 heteroatoms. The summed E-state index contributed by atoms with van der Waals surface area (Å²) in [5.41, 5.74) is 8.93. The monoisotopic (exact) mass is 259 g/mol. The lowest BCUT2D eigenvalue weighted by atomic mass is 9.92. The molecule has 2 aromatic rings. The summed E-state index contributed by atoms with van der Waals surface area (Å²) in [4.78, 5) is 0. The molecule has 0 fully saturated rings. The Morgan fingerprint density at radius 2 is 1.53 bits per heavy atom. The predicted octanol–water partition coefficient (Wildman–Crippen LogP) is 2.60. The number of rotatable bonds is 5. The van der Waals surface area contributed by atoms with Crippen LogP contribution in [0.15, 0.2) is 48.5 Å². The normalized spacial score (nSPS) is 12.4. The van der Waals surface area contributed by atoms with Crippen molar-refractivity contribution in [3.05, 3.63) is 71.0 Å². The second-order valence-corrected chi connectivity index (χ2v) is 4.66. The quantitative estimate of drug-likeness (QED) is 0.867. The van der Waals surface area contributed by atoms with Crippen molar-refractivity contribution in [3.8, 4) is 0 Å². The van der Waals surface area contributed by atoms with Gasteiger partial charge in [0.1, 0.15) is 5.82 Å². The molecule has 0 saturated heterocycles. The van der Waals surface area contributed by atoms with E-state index in [4.69, 9.17) is 10.8 Å². The fourth-order valence-corrected chi connectivity index (χ4v) is 2.14. The van der Waals surface area contributed by atoms with Crippen LogP contribution in [0.4, 0.5) is 4.39 Å². The zero-order valence-electron chi connectivity index (χ0n) is 10.7. The second-order valence-electron chi connectivity index (χ2n) is 4.66. The lowest BCUT2D eigenvalue weighted by Gasteiger charge is -2.15. The summed E-state index contributed by atoms with van der Waals surface area (Å²) in [5.74, 6) is -0.0487. The van der Waals surface area contributed by atoms with Crippen molar-refractivity contribution in [2.24, 2.45) is 5.73 Å². The van der Waals surface area contributed by atoms with E-state index < -0.39 is 0 Å². The first-order valence-corrected chi connectivity index (χ1v) is 6.37. The van der Waals surface area contributed by atoms with Crippen LogP contribution in [0.3, 0.4) is 0 Å². The Balaban J connectivity index is 2.11. The number of aliphatic hydroxyl groups is 1. The molecule has 0 saturated carbocycles. The molecule has 2 aromatic carbocycles. The van der Waals surface area contributed by atoms with Crippen LogP contribution in [0.25, 0.3) is 0 Å². The average Bonchev–Trinajstić information content (AvgIpc) is 2.46. The van der Waals surface area contributed by atoms with Gasteiger partial charge in [0.05, 0.1) is 6.61 Å². The van der Waals surface area contributed by atoms with Crippen molar-refractivity contribution in [3.63, 3.8) is 0 Å². The third-order valence-electron chi connectivity index (χ3n) is 3.31. The molecule has 0 aliphatic carbocycles. The molecule has 1 unspecified atom stereocenters. The molecule has 0 aliphatic heterocycles. The highest BCUT2D eigenvalue weighted by Crippen LogP contribution is 2.20. The maximum absolute atomic E-state index is 12.9. The van der Waals surface area contributed by atoms with Gasteiger partial charge in [-0.1, -0.05) is 36.4 Å². The van der Waals surface area contributed by atoms with E-state index in [9.17, 15) is 4.39 Å². The van der Waals surface area contributed by atoms with E-state index in [0.29, 0.717) is 6.54 Å². The first-order valence-electron chi connectivity index (χ1n) is 6.37. The first-order chi connectivity index (χ1) is 9.22. The summed E-state index contributed by atoms with van der Waals surface area (Å²) >= 11 is 0. The largest absolute Gasteiger partial charge is 0.392 e. The minimum Gasteiger partial charge on any atom is -0.392 e. The molecule has 0 heterocycles. The second kappa shape index (κ2) is 6.45. The fraction of sp³-hybridized carbons (Fsp3) is 0.250. The van der Waals surface area contributed by atoms with Gasteiger partial charge < -0.3 is 10.8 Å². The van der Waals surface area contributed by atoms with E-state index in [0.717, 1.165) is 23.1 Å². The zero-order chi connectivity index (χ0) is 13.7. The van der Waals surface area contributed by atoms with Gasteiger partial charge in [0.15, 0.2) is 0 Å². The number of hydrogen-bond acceptors (Lipinski definition) is 2. The predicted molar refractivity (Wildman–Crippen MR) is 74.3 cm³/mol. The highest BCUT2D eigenvalue weighted by molar-refractivity contribution is 5.27. The molecule has 100 valence electrons. The van der Waals surface area contributed by atoms with Crippen LogP contribution in [0.5, 0.6) is 0 Å². The van der Waals surface area contributed by atoms with E-state index in [1.807, 2.05) is 24.3 Å². The van der Waals surface area contributed by atoms with Gasteiger partial charge in [0.2, 0.25) is 0 Å². The Labute approximate surface area is 112 Å². The molecule has 1 atom stereocenters. The van der Waals surface area contributed by atoms with Crippen LogP contribution in [0.1, 0.15) is 22.6 Å². The van der Waals surface area contributed by atoms with Crippen LogP contribution in [0.2, 0.25) is 0 Å². The highest BCUT2D eigenvalue weighted by atomic mass is 19.1. The van der Waals surface area contributed by atoms with Gasteiger partial charge in [0.25, 0.3) is 0 Å². The lowest BCUT2D eigenvalue weighted by molar-refractivity contribution is 0.282. The van der Waals surface area contributed by atoms with Gasteiger partial charge in [0, 0.05) is 5.92 Å². The summed E-state index contributed by atoms with van der Waals surface area (Å²) in [5, 5.41) is 9.01. The smallest absolute Gasteiger partial charge is 0.123 e. The molecule has 19 heavy (non-hydrogen) atoms. The molecule has 0 spiro atoms. The summed E-state index contributed by atoms with van der Waals surface area (Å²) in [6, 6.07) is 14.3. The third-order valence-corrected chi connectivity index (χ3v) is 3.31. The molecule has 2 rings (SSSR count). The highest BCUT2D eigenvalue weighted by Gasteiger charge is 2.10. The van der Waals surface area contributed by atoms with Crippen molar-refractivity contribution >= 4 is 0 Å². The summed E-state index contributed by atoms with van der Waals surface area (Å²) < 4.78 is 12.9. The van der Waals surface area contributed by atoms with Crippen LogP contribution in [-0.2, 0) is 13.0 Å². The number of aliphatic hydroxyl groups excluding tert-OH is 1. The van der Waals surface area contributed by atoms with Gasteiger partial charge in [-0.15, -0.1) is 0 Å². The van der Waals surface area contributed by atoms with Crippen LogP contribution in [-0.4, -0.2) is 11.7 Å². The summed E-state index contributed by atoms with van der Waals surface area (Å²) in [6.45, 7) is 0.575. The van der Waals surface area contributed by atoms with Gasteiger partial charge in [-0.25, -0.2) is 4.39 Å². The van der Waals surface area contributed by atoms with Crippen molar-refractivity contribution in [1.82, 2.24) is 0 Å². The summed E-state index contributed by atoms with van der Waals surface area (Å²) in [6.07, 6.45) is 0.813. The molecule has 0 bridgehead atoms. The molecular weight excluding hydrogens is 241 g/mol. The average molecular weight is 259 g/mol. The standard InChI is InChI=1S/C16H18FNO/c17-16-7-5-14(6-8-16)15(10-18)9-12-1-3-13(11-19)4-2-12/h1-8,15,19H,9-11,18H2. The number of hydrogen-bond donors (Lipinski definition) is 2. The molecule has 0 amide bonds. The van der Waals surface area contributed by atoms with Gasteiger partial charge in [-0.05, 0) is 41.8 Å². The van der Waals surface area contributed by atoms with Crippen LogP contribution in [0, 0.1) is 5.82 Å². The molecule has 0 radical (unpaired) electrons. The maximum Gasteiger partial charge on any atom is 0.123 e. The van der Waals surface area contributed by atoms with E-state index in [-0.39, 0.29) is 18.3 Å². The Morgan fingerprint density at radius 3 is 2.05 bits per heavy atom. The topological polar surface area (TPSA) is 46.2 Å². The summed E-state index contributed by atoms with van der Waals surface area (Å²) in [7, 11) is 0. The van der Waals surface area contributed by atoms with E-state index in [1.54, 1.807) is 12.1 Å². The Kier molecular flexibility index (Phi) is 4.66. The fourth-order valence-electron chi connectivity index (χ4n) is 2.14. The van der Waals surface area contributed by atoms with E-state index >= 15 is 0 Å². The minimum absolute atomic E-state index is 0.0541. The molecular formula is C16H18FNO. The van der Waals surface area contributed by atoms with Crippen LogP contribution < -0.4 is 5.73 Å². The number of benzene rings is 2. The number of nitrogens with two attached hydrogens (primary N) is 1. The minimum atomic E-state index is -0.230. The maximum atomic E-state index is 12.9. The molecule has 2 nitrogen and oxygen atoms in total. The van der Waals surface area contributed by atoms with E-state index in [1.165, 1.54) is 12.1 Å². The Morgan fingerprint density at radius 1 is 0.947 bits per heavy atom. The van der Waals surface area contributed by atoms with Gasteiger partial charge >= 0.3 is 0 Å². The van der Waals surface area contributed by atoms with Gasteiger partial charge in [-0.2, -0.15) is 0 Å². The van der Waals surface area contributed by atoms with E-state index in [2.05, 4.69) is 0 Å². The lowest BCUT2D eigenvalue weighted by Crippen LogP contribution is -2.15. The van der Waals surface area contributed by atoms with Crippen molar-refractivity contribution in [2.45, 2.75) is 18.9 Å².